The van der Waals surface area contributed by atoms with E-state index in [1.54, 1.807) is 35.4 Å². The van der Waals surface area contributed by atoms with E-state index in [2.05, 4.69) is 4.98 Å². The van der Waals surface area contributed by atoms with Gasteiger partial charge in [-0.1, -0.05) is 17.7 Å². The van der Waals surface area contributed by atoms with Crippen LogP contribution in [0, 0.1) is 5.82 Å². The zero-order chi connectivity index (χ0) is 15.1. The van der Waals surface area contributed by atoms with Gasteiger partial charge in [0.25, 0.3) is 0 Å². The van der Waals surface area contributed by atoms with Crippen molar-refractivity contribution in [2.75, 3.05) is 0 Å². The molecule has 112 valence electrons. The van der Waals surface area contributed by atoms with Gasteiger partial charge in [0.2, 0.25) is 0 Å². The maximum atomic E-state index is 14.0. The second-order valence-electron chi connectivity index (χ2n) is 5.64. The van der Waals surface area contributed by atoms with Crippen LogP contribution in [0.2, 0.25) is 5.02 Å². The van der Waals surface area contributed by atoms with Gasteiger partial charge in [0, 0.05) is 23.8 Å². The SMILES string of the molecule is OC(Cc1ccc(Cl)cc1F)(Cn1ccnc1)C1(Cl)CC1. The Kier molecular flexibility index (Phi) is 3.72. The number of hydrogen-bond donors (Lipinski definition) is 1. The van der Waals surface area contributed by atoms with Crippen LogP contribution in [0.5, 0.6) is 0 Å². The molecule has 6 heteroatoms. The van der Waals surface area contributed by atoms with Crippen LogP contribution < -0.4 is 0 Å². The first-order valence-corrected chi connectivity index (χ1v) is 7.48. The lowest BCUT2D eigenvalue weighted by molar-refractivity contribution is 0.0101. The van der Waals surface area contributed by atoms with Gasteiger partial charge in [-0.05, 0) is 30.5 Å². The van der Waals surface area contributed by atoms with Crippen molar-refractivity contribution in [3.05, 3.63) is 53.3 Å². The molecular weight excluding hydrogens is 314 g/mol. The molecule has 0 spiro atoms. The predicted octanol–water partition coefficient (Wildman–Crippen LogP) is 3.42. The van der Waals surface area contributed by atoms with Crippen LogP contribution in [0.1, 0.15) is 18.4 Å². The maximum Gasteiger partial charge on any atom is 0.127 e. The van der Waals surface area contributed by atoms with E-state index in [0.29, 0.717) is 10.6 Å². The summed E-state index contributed by atoms with van der Waals surface area (Å²) in [6.07, 6.45) is 6.58. The summed E-state index contributed by atoms with van der Waals surface area (Å²) in [5, 5.41) is 11.4. The molecule has 3 rings (SSSR count). The third kappa shape index (κ3) is 2.93. The number of alkyl halides is 1. The van der Waals surface area contributed by atoms with Crippen LogP contribution in [-0.4, -0.2) is 25.1 Å². The normalized spacial score (nSPS) is 19.2. The number of rotatable bonds is 5. The van der Waals surface area contributed by atoms with Crippen molar-refractivity contribution < 1.29 is 9.50 Å². The molecule has 0 saturated heterocycles. The number of nitrogens with zero attached hydrogens (tertiary/aromatic N) is 2. The molecule has 0 aliphatic heterocycles. The van der Waals surface area contributed by atoms with Crippen molar-refractivity contribution in [2.45, 2.75) is 36.3 Å². The molecule has 1 atom stereocenters. The molecular formula is C15H15Cl2FN2O. The third-order valence-electron chi connectivity index (χ3n) is 4.02. The molecule has 1 aliphatic rings. The average Bonchev–Trinajstić information content (AvgIpc) is 2.98. The lowest BCUT2D eigenvalue weighted by Gasteiger charge is -2.33. The zero-order valence-corrected chi connectivity index (χ0v) is 12.8. The first-order chi connectivity index (χ1) is 9.92. The monoisotopic (exact) mass is 328 g/mol. The first kappa shape index (κ1) is 14.8. The molecule has 1 N–H and O–H groups in total. The highest BCUT2D eigenvalue weighted by molar-refractivity contribution is 6.30. The highest BCUT2D eigenvalue weighted by Crippen LogP contribution is 2.53. The molecule has 1 aliphatic carbocycles. The molecule has 0 bridgehead atoms. The molecule has 0 amide bonds. The predicted molar refractivity (Wildman–Crippen MR) is 80.1 cm³/mol. The van der Waals surface area contributed by atoms with E-state index < -0.39 is 16.3 Å². The van der Waals surface area contributed by atoms with Crippen molar-refractivity contribution >= 4 is 23.2 Å². The summed E-state index contributed by atoms with van der Waals surface area (Å²) < 4.78 is 15.8. The van der Waals surface area contributed by atoms with E-state index in [0.717, 1.165) is 12.8 Å². The zero-order valence-electron chi connectivity index (χ0n) is 11.3. The topological polar surface area (TPSA) is 38.0 Å². The molecule has 1 unspecified atom stereocenters. The second kappa shape index (κ2) is 5.27. The van der Waals surface area contributed by atoms with Gasteiger partial charge in [-0.3, -0.25) is 0 Å². The molecule has 1 heterocycles. The largest absolute Gasteiger partial charge is 0.386 e. The summed E-state index contributed by atoms with van der Waals surface area (Å²) >= 11 is 12.2. The number of hydrogen-bond acceptors (Lipinski definition) is 2. The smallest absolute Gasteiger partial charge is 0.127 e. The molecule has 1 saturated carbocycles. The fourth-order valence-corrected chi connectivity index (χ4v) is 2.97. The Morgan fingerprint density at radius 1 is 1.43 bits per heavy atom. The fourth-order valence-electron chi connectivity index (χ4n) is 2.59. The highest BCUT2D eigenvalue weighted by Gasteiger charge is 2.57. The number of aromatic nitrogens is 2. The number of benzene rings is 1. The second-order valence-corrected chi connectivity index (χ2v) is 6.80. The van der Waals surface area contributed by atoms with Crippen LogP contribution >= 0.6 is 23.2 Å². The Hall–Kier alpha value is -1.10. The number of halogens is 3. The quantitative estimate of drug-likeness (QED) is 0.854. The summed E-state index contributed by atoms with van der Waals surface area (Å²) in [4.78, 5) is 3.26. The summed E-state index contributed by atoms with van der Waals surface area (Å²) in [7, 11) is 0. The van der Waals surface area contributed by atoms with Crippen LogP contribution in [0.3, 0.4) is 0 Å². The summed E-state index contributed by atoms with van der Waals surface area (Å²) in [5.41, 5.74) is -0.821. The number of imidazole rings is 1. The summed E-state index contributed by atoms with van der Waals surface area (Å²) in [5.74, 6) is -0.424. The van der Waals surface area contributed by atoms with Gasteiger partial charge in [0.1, 0.15) is 11.4 Å². The standard InChI is InChI=1S/C15H15Cl2FN2O/c16-12-2-1-11(13(18)7-12)8-15(21,14(17)3-4-14)9-20-6-5-19-10-20/h1-2,5-7,10,21H,3-4,8-9H2. The van der Waals surface area contributed by atoms with Crippen LogP contribution in [0.25, 0.3) is 0 Å². The minimum absolute atomic E-state index is 0.137. The maximum absolute atomic E-state index is 14.0. The van der Waals surface area contributed by atoms with E-state index in [9.17, 15) is 9.50 Å². The molecule has 1 aromatic carbocycles. The molecule has 1 aromatic heterocycles. The van der Waals surface area contributed by atoms with Crippen LogP contribution in [0.15, 0.2) is 36.9 Å². The van der Waals surface area contributed by atoms with E-state index >= 15 is 0 Å². The Balaban J connectivity index is 1.89. The van der Waals surface area contributed by atoms with Gasteiger partial charge >= 0.3 is 0 Å². The van der Waals surface area contributed by atoms with Crippen molar-refractivity contribution in [2.24, 2.45) is 0 Å². The Bertz CT molecular complexity index is 643. The van der Waals surface area contributed by atoms with Crippen molar-refractivity contribution in [3.63, 3.8) is 0 Å². The number of aliphatic hydroxyl groups is 1. The molecule has 2 aromatic rings. The van der Waals surface area contributed by atoms with Gasteiger partial charge in [-0.15, -0.1) is 11.6 Å². The van der Waals surface area contributed by atoms with E-state index in [1.807, 2.05) is 0 Å². The van der Waals surface area contributed by atoms with Gasteiger partial charge < -0.3 is 9.67 Å². The average molecular weight is 329 g/mol. The van der Waals surface area contributed by atoms with Crippen LogP contribution in [0.4, 0.5) is 4.39 Å². The van der Waals surface area contributed by atoms with Crippen molar-refractivity contribution in [3.8, 4) is 0 Å². The van der Waals surface area contributed by atoms with Crippen molar-refractivity contribution in [1.29, 1.82) is 0 Å². The first-order valence-electron chi connectivity index (χ1n) is 6.73. The highest BCUT2D eigenvalue weighted by atomic mass is 35.5. The lowest BCUT2D eigenvalue weighted by atomic mass is 9.88. The summed E-state index contributed by atoms with van der Waals surface area (Å²) in [6, 6.07) is 4.47. The lowest BCUT2D eigenvalue weighted by Crippen LogP contribution is -2.47. The van der Waals surface area contributed by atoms with Gasteiger partial charge in [0.15, 0.2) is 0 Å². The minimum atomic E-state index is -1.23. The minimum Gasteiger partial charge on any atom is -0.386 e. The van der Waals surface area contributed by atoms with E-state index in [-0.39, 0.29) is 13.0 Å². The van der Waals surface area contributed by atoms with Gasteiger partial charge in [-0.25, -0.2) is 9.37 Å². The third-order valence-corrected chi connectivity index (χ3v) is 4.99. The molecule has 21 heavy (non-hydrogen) atoms. The van der Waals surface area contributed by atoms with E-state index in [4.69, 9.17) is 23.2 Å². The Morgan fingerprint density at radius 2 is 2.19 bits per heavy atom. The molecule has 0 radical (unpaired) electrons. The van der Waals surface area contributed by atoms with Gasteiger partial charge in [0.05, 0.1) is 17.7 Å². The van der Waals surface area contributed by atoms with Crippen LogP contribution in [-0.2, 0) is 13.0 Å². The van der Waals surface area contributed by atoms with Gasteiger partial charge in [-0.2, -0.15) is 0 Å². The summed E-state index contributed by atoms with van der Waals surface area (Å²) in [6.45, 7) is 0.276. The Labute approximate surface area is 132 Å². The van der Waals surface area contributed by atoms with E-state index in [1.165, 1.54) is 6.07 Å². The van der Waals surface area contributed by atoms with Crippen molar-refractivity contribution in [1.82, 2.24) is 9.55 Å². The fraction of sp³-hybridized carbons (Fsp3) is 0.400. The molecule has 3 nitrogen and oxygen atoms in total. The Morgan fingerprint density at radius 3 is 2.76 bits per heavy atom. The molecule has 1 fully saturated rings.